The van der Waals surface area contributed by atoms with Crippen LogP contribution in [-0.2, 0) is 0 Å². The zero-order valence-electron chi connectivity index (χ0n) is 11.1. The number of anilines is 1. The fourth-order valence-corrected chi connectivity index (χ4v) is 2.59. The van der Waals surface area contributed by atoms with Gasteiger partial charge in [0.25, 0.3) is 5.91 Å². The quantitative estimate of drug-likeness (QED) is 0.902. The molecule has 3 nitrogen and oxygen atoms in total. The summed E-state index contributed by atoms with van der Waals surface area (Å²) in [6.45, 7) is 5.76. The predicted octanol–water partition coefficient (Wildman–Crippen LogP) is 3.80. The molecule has 0 radical (unpaired) electrons. The summed E-state index contributed by atoms with van der Waals surface area (Å²) in [6, 6.07) is 7.77. The Morgan fingerprint density at radius 3 is 2.63 bits per heavy atom. The Hall–Kier alpha value is -2.12. The van der Waals surface area contributed by atoms with Crippen LogP contribution >= 0.6 is 11.3 Å². The Bertz CT molecular complexity index is 666. The number of nitriles is 1. The number of nitrogens with one attached hydrogen (secondary N) is 1. The molecule has 96 valence electrons. The van der Waals surface area contributed by atoms with Crippen LogP contribution in [0.1, 0.15) is 31.9 Å². The topological polar surface area (TPSA) is 52.9 Å². The molecule has 0 unspecified atom stereocenters. The lowest BCUT2D eigenvalue weighted by molar-refractivity contribution is 0.103. The summed E-state index contributed by atoms with van der Waals surface area (Å²) < 4.78 is 0. The van der Waals surface area contributed by atoms with Crippen molar-refractivity contribution in [3.05, 3.63) is 50.7 Å². The second kappa shape index (κ2) is 5.25. The third-order valence-electron chi connectivity index (χ3n) is 3.14. The number of rotatable bonds is 2. The Morgan fingerprint density at radius 2 is 2.05 bits per heavy atom. The molecule has 4 heteroatoms. The number of hydrogen-bond acceptors (Lipinski definition) is 3. The number of amides is 1. The predicted molar refractivity (Wildman–Crippen MR) is 77.6 cm³/mol. The van der Waals surface area contributed by atoms with Crippen LogP contribution in [0.5, 0.6) is 0 Å². The van der Waals surface area contributed by atoms with Crippen molar-refractivity contribution in [2.75, 3.05) is 5.32 Å². The summed E-state index contributed by atoms with van der Waals surface area (Å²) in [6.07, 6.45) is 0. The summed E-state index contributed by atoms with van der Waals surface area (Å²) >= 11 is 1.38. The Kier molecular flexibility index (Phi) is 3.68. The van der Waals surface area contributed by atoms with Crippen molar-refractivity contribution in [1.82, 2.24) is 0 Å². The second-order valence-corrected chi connectivity index (χ2v) is 5.38. The van der Waals surface area contributed by atoms with Gasteiger partial charge < -0.3 is 5.32 Å². The Labute approximate surface area is 116 Å². The highest BCUT2D eigenvalue weighted by atomic mass is 32.1. The van der Waals surface area contributed by atoms with E-state index >= 15 is 0 Å². The first-order valence-corrected chi connectivity index (χ1v) is 6.78. The first-order chi connectivity index (χ1) is 9.04. The second-order valence-electron chi connectivity index (χ2n) is 4.43. The number of benzene rings is 1. The summed E-state index contributed by atoms with van der Waals surface area (Å²) in [5.74, 6) is -0.169. The molecule has 0 saturated carbocycles. The lowest BCUT2D eigenvalue weighted by Crippen LogP contribution is -2.13. The number of thiophene rings is 1. The number of nitrogens with zero attached hydrogens (tertiary/aromatic N) is 1. The van der Waals surface area contributed by atoms with E-state index in [0.29, 0.717) is 16.1 Å². The molecule has 1 aromatic heterocycles. The molecule has 0 bridgehead atoms. The summed E-state index contributed by atoms with van der Waals surface area (Å²) in [7, 11) is 0. The summed E-state index contributed by atoms with van der Waals surface area (Å²) in [5, 5.41) is 14.0. The smallest absolute Gasteiger partial charge is 0.265 e. The van der Waals surface area contributed by atoms with Crippen molar-refractivity contribution >= 4 is 22.9 Å². The van der Waals surface area contributed by atoms with Crippen molar-refractivity contribution in [2.24, 2.45) is 0 Å². The first-order valence-electron chi connectivity index (χ1n) is 5.90. The molecular weight excluding hydrogens is 256 g/mol. The summed E-state index contributed by atoms with van der Waals surface area (Å²) in [5.41, 5.74) is 4.04. The van der Waals surface area contributed by atoms with Crippen LogP contribution in [0.25, 0.3) is 0 Å². The van der Waals surface area contributed by atoms with Gasteiger partial charge in [-0.1, -0.05) is 12.1 Å². The van der Waals surface area contributed by atoms with E-state index < -0.39 is 0 Å². The molecular formula is C15H14N2OS. The molecule has 1 amide bonds. The van der Waals surface area contributed by atoms with Crippen molar-refractivity contribution in [3.63, 3.8) is 0 Å². The molecule has 0 aliphatic rings. The fraction of sp³-hybridized carbons (Fsp3) is 0.200. The van der Waals surface area contributed by atoms with Crippen molar-refractivity contribution in [3.8, 4) is 6.07 Å². The molecule has 0 saturated heterocycles. The molecule has 2 aromatic rings. The van der Waals surface area contributed by atoms with E-state index in [1.165, 1.54) is 11.3 Å². The van der Waals surface area contributed by atoms with Gasteiger partial charge in [0.2, 0.25) is 0 Å². The maximum atomic E-state index is 12.1. The molecule has 0 aliphatic carbocycles. The van der Waals surface area contributed by atoms with Crippen LogP contribution in [0.2, 0.25) is 0 Å². The highest BCUT2D eigenvalue weighted by Gasteiger charge is 2.15. The van der Waals surface area contributed by atoms with Crippen LogP contribution in [0.3, 0.4) is 0 Å². The van der Waals surface area contributed by atoms with Gasteiger partial charge in [0.15, 0.2) is 0 Å². The molecule has 0 fully saturated rings. The van der Waals surface area contributed by atoms with Gasteiger partial charge in [-0.05, 0) is 48.9 Å². The fourth-order valence-electron chi connectivity index (χ4n) is 1.97. The van der Waals surface area contributed by atoms with E-state index in [1.54, 1.807) is 6.07 Å². The third-order valence-corrected chi connectivity index (χ3v) is 4.01. The Balaban J connectivity index is 2.44. The Morgan fingerprint density at radius 1 is 1.32 bits per heavy atom. The van der Waals surface area contributed by atoms with Gasteiger partial charge >= 0.3 is 0 Å². The maximum Gasteiger partial charge on any atom is 0.265 e. The lowest BCUT2D eigenvalue weighted by Gasteiger charge is -2.13. The molecule has 0 aliphatic heterocycles. The van der Waals surface area contributed by atoms with Crippen LogP contribution in [0.4, 0.5) is 5.69 Å². The molecule has 1 N–H and O–H groups in total. The van der Waals surface area contributed by atoms with Crippen LogP contribution in [0.15, 0.2) is 23.6 Å². The van der Waals surface area contributed by atoms with E-state index in [0.717, 1.165) is 16.7 Å². The van der Waals surface area contributed by atoms with Gasteiger partial charge in [0, 0.05) is 0 Å². The van der Waals surface area contributed by atoms with E-state index in [4.69, 9.17) is 0 Å². The van der Waals surface area contributed by atoms with E-state index in [2.05, 4.69) is 11.4 Å². The van der Waals surface area contributed by atoms with Gasteiger partial charge in [-0.25, -0.2) is 0 Å². The van der Waals surface area contributed by atoms with Gasteiger partial charge in [0.05, 0.1) is 16.1 Å². The van der Waals surface area contributed by atoms with Crippen LogP contribution in [0, 0.1) is 32.1 Å². The number of hydrogen-bond donors (Lipinski definition) is 1. The third kappa shape index (κ3) is 2.51. The highest BCUT2D eigenvalue weighted by Crippen LogP contribution is 2.27. The largest absolute Gasteiger partial charge is 0.320 e. The van der Waals surface area contributed by atoms with Gasteiger partial charge in [-0.15, -0.1) is 11.3 Å². The van der Waals surface area contributed by atoms with Crippen molar-refractivity contribution in [2.45, 2.75) is 20.8 Å². The van der Waals surface area contributed by atoms with Crippen LogP contribution < -0.4 is 5.32 Å². The molecule has 1 aromatic carbocycles. The number of aryl methyl sites for hydroxylation is 2. The van der Waals surface area contributed by atoms with Crippen molar-refractivity contribution < 1.29 is 4.79 Å². The average Bonchev–Trinajstić information content (AvgIpc) is 2.90. The molecule has 19 heavy (non-hydrogen) atoms. The van der Waals surface area contributed by atoms with Gasteiger partial charge in [-0.2, -0.15) is 5.26 Å². The average molecular weight is 270 g/mol. The lowest BCUT2D eigenvalue weighted by atomic mass is 9.98. The zero-order chi connectivity index (χ0) is 14.0. The molecule has 0 spiro atoms. The minimum absolute atomic E-state index is 0.169. The minimum atomic E-state index is -0.169. The summed E-state index contributed by atoms with van der Waals surface area (Å²) in [4.78, 5) is 12.7. The normalized spacial score (nSPS) is 10.0. The van der Waals surface area contributed by atoms with Crippen molar-refractivity contribution in [1.29, 1.82) is 5.26 Å². The first kappa shape index (κ1) is 13.3. The molecule has 1 heterocycles. The molecule has 2 rings (SSSR count). The van der Waals surface area contributed by atoms with Gasteiger partial charge in [-0.3, -0.25) is 4.79 Å². The van der Waals surface area contributed by atoms with Gasteiger partial charge in [0.1, 0.15) is 6.07 Å². The minimum Gasteiger partial charge on any atom is -0.320 e. The van der Waals surface area contributed by atoms with E-state index in [-0.39, 0.29) is 5.91 Å². The standard InChI is InChI=1S/C15H14N2OS/c1-9-7-10(2)14(12(8-16)11(9)3)17-15(18)13-5-4-6-19-13/h4-7H,1-3H3,(H,17,18). The van der Waals surface area contributed by atoms with E-state index in [9.17, 15) is 10.1 Å². The number of carbonyl (C=O) groups is 1. The van der Waals surface area contributed by atoms with Crippen LogP contribution in [-0.4, -0.2) is 5.91 Å². The molecule has 0 atom stereocenters. The number of carbonyl (C=O) groups excluding carboxylic acids is 1. The highest BCUT2D eigenvalue weighted by molar-refractivity contribution is 7.12. The van der Waals surface area contributed by atoms with E-state index in [1.807, 2.05) is 38.3 Å². The zero-order valence-corrected chi connectivity index (χ0v) is 11.9. The SMILES string of the molecule is Cc1cc(C)c(NC(=O)c2cccs2)c(C#N)c1C. The maximum absolute atomic E-state index is 12.1. The monoisotopic (exact) mass is 270 g/mol.